The van der Waals surface area contributed by atoms with Crippen molar-refractivity contribution in [2.45, 2.75) is 6.92 Å². The molecule has 7 heteroatoms. The van der Waals surface area contributed by atoms with E-state index in [0.29, 0.717) is 5.56 Å². The average molecular weight is 392 g/mol. The number of nitrogens with zero attached hydrogens (tertiary/aromatic N) is 4. The fourth-order valence-corrected chi connectivity index (χ4v) is 3.53. The first-order valence-electron chi connectivity index (χ1n) is 8.53. The number of hydrogen-bond donors (Lipinski definition) is 0. The van der Waals surface area contributed by atoms with Crippen molar-refractivity contribution in [2.24, 2.45) is 10.1 Å². The second-order valence-electron chi connectivity index (χ2n) is 5.88. The molecule has 1 heterocycles. The minimum Gasteiger partial charge on any atom is -0.497 e. The summed E-state index contributed by atoms with van der Waals surface area (Å²) < 4.78 is 12.7. The Kier molecular flexibility index (Phi) is 5.92. The van der Waals surface area contributed by atoms with Crippen molar-refractivity contribution >= 4 is 17.0 Å². The molecule has 0 aliphatic carbocycles. The molecule has 0 spiro atoms. The van der Waals surface area contributed by atoms with Crippen LogP contribution in [0.15, 0.2) is 57.9 Å². The molecular formula is C21H20N4O2S. The first-order valence-corrected chi connectivity index (χ1v) is 9.41. The molecular weight excluding hydrogens is 372 g/mol. The van der Waals surface area contributed by atoms with E-state index in [-0.39, 0.29) is 0 Å². The Morgan fingerprint density at radius 3 is 2.46 bits per heavy atom. The summed E-state index contributed by atoms with van der Waals surface area (Å²) in [6.07, 6.45) is 0. The molecule has 6 nitrogen and oxygen atoms in total. The summed E-state index contributed by atoms with van der Waals surface area (Å²) in [4.78, 5) is 5.11. The molecule has 0 amide bonds. The fourth-order valence-electron chi connectivity index (χ4n) is 2.74. The summed E-state index contributed by atoms with van der Waals surface area (Å²) >= 11 is 1.50. The standard InChI is InChI=1S/C21H20N4O2S/c1-14(16-7-5-15(12-22)6-8-16)24-25-19(13-28-21(25)23-2)18-11-17(26-3)9-10-20(18)27-4/h5-11,13H,1-4H3/b23-21?,24-14-. The number of aromatic nitrogens is 1. The summed E-state index contributed by atoms with van der Waals surface area (Å²) in [5.41, 5.74) is 4.08. The van der Waals surface area contributed by atoms with Crippen LogP contribution in [0.25, 0.3) is 11.3 Å². The van der Waals surface area contributed by atoms with E-state index in [1.807, 2.05) is 42.6 Å². The van der Waals surface area contributed by atoms with Gasteiger partial charge in [0.05, 0.1) is 37.3 Å². The third-order valence-corrected chi connectivity index (χ3v) is 5.15. The van der Waals surface area contributed by atoms with Crippen LogP contribution in [-0.2, 0) is 0 Å². The van der Waals surface area contributed by atoms with Crippen LogP contribution in [0.2, 0.25) is 0 Å². The Labute approximate surface area is 167 Å². The zero-order valence-electron chi connectivity index (χ0n) is 16.1. The van der Waals surface area contributed by atoms with Gasteiger partial charge >= 0.3 is 0 Å². The maximum Gasteiger partial charge on any atom is 0.205 e. The molecule has 3 rings (SSSR count). The molecule has 0 atom stereocenters. The predicted octanol–water partition coefficient (Wildman–Crippen LogP) is 3.91. The van der Waals surface area contributed by atoms with Gasteiger partial charge in [0.2, 0.25) is 4.80 Å². The van der Waals surface area contributed by atoms with Crippen molar-refractivity contribution in [1.82, 2.24) is 4.68 Å². The van der Waals surface area contributed by atoms with Crippen LogP contribution in [0.5, 0.6) is 11.5 Å². The second kappa shape index (κ2) is 8.55. The van der Waals surface area contributed by atoms with Gasteiger partial charge in [-0.1, -0.05) is 12.1 Å². The van der Waals surface area contributed by atoms with Crippen molar-refractivity contribution in [3.63, 3.8) is 0 Å². The normalized spacial score (nSPS) is 12.0. The molecule has 0 N–H and O–H groups in total. The maximum atomic E-state index is 8.98. The molecule has 3 aromatic rings. The zero-order valence-corrected chi connectivity index (χ0v) is 16.9. The lowest BCUT2D eigenvalue weighted by Gasteiger charge is -2.11. The SMILES string of the molecule is CN=c1scc(-c2cc(OC)ccc2OC)n1/N=C(/C)c1ccc(C#N)cc1. The second-order valence-corrected chi connectivity index (χ2v) is 6.72. The van der Waals surface area contributed by atoms with Gasteiger partial charge in [-0.25, -0.2) is 4.68 Å². The van der Waals surface area contributed by atoms with Crippen LogP contribution in [-0.4, -0.2) is 31.7 Å². The summed E-state index contributed by atoms with van der Waals surface area (Å²) in [5.74, 6) is 1.46. The topological polar surface area (TPSA) is 71.9 Å². The summed E-state index contributed by atoms with van der Waals surface area (Å²) in [6, 6.07) is 15.1. The van der Waals surface area contributed by atoms with E-state index < -0.39 is 0 Å². The van der Waals surface area contributed by atoms with E-state index >= 15 is 0 Å². The minimum absolute atomic E-state index is 0.616. The van der Waals surface area contributed by atoms with Gasteiger partial charge in [-0.05, 0) is 42.8 Å². The highest BCUT2D eigenvalue weighted by molar-refractivity contribution is 7.07. The number of benzene rings is 2. The van der Waals surface area contributed by atoms with Crippen LogP contribution < -0.4 is 14.3 Å². The fraction of sp³-hybridized carbons (Fsp3) is 0.190. The van der Waals surface area contributed by atoms with Crippen LogP contribution in [0.4, 0.5) is 0 Å². The lowest BCUT2D eigenvalue weighted by Crippen LogP contribution is -2.14. The molecule has 28 heavy (non-hydrogen) atoms. The van der Waals surface area contributed by atoms with Gasteiger partial charge in [0.15, 0.2) is 0 Å². The van der Waals surface area contributed by atoms with Crippen LogP contribution >= 0.6 is 11.3 Å². The third-order valence-electron chi connectivity index (χ3n) is 4.24. The largest absolute Gasteiger partial charge is 0.497 e. The highest BCUT2D eigenvalue weighted by atomic mass is 32.1. The predicted molar refractivity (Wildman–Crippen MR) is 111 cm³/mol. The van der Waals surface area contributed by atoms with E-state index in [1.165, 1.54) is 11.3 Å². The van der Waals surface area contributed by atoms with E-state index in [1.54, 1.807) is 38.1 Å². The summed E-state index contributed by atoms with van der Waals surface area (Å²) in [7, 11) is 5.01. The number of nitriles is 1. The van der Waals surface area contributed by atoms with Crippen molar-refractivity contribution in [3.8, 4) is 28.8 Å². The van der Waals surface area contributed by atoms with E-state index in [4.69, 9.17) is 19.8 Å². The van der Waals surface area contributed by atoms with Crippen molar-refractivity contribution in [3.05, 3.63) is 63.8 Å². The molecule has 0 bridgehead atoms. The first-order chi connectivity index (χ1) is 13.6. The minimum atomic E-state index is 0.616. The van der Waals surface area contributed by atoms with Gasteiger partial charge in [0, 0.05) is 18.0 Å². The Hall–Kier alpha value is -3.37. The molecule has 0 unspecified atom stereocenters. The monoisotopic (exact) mass is 392 g/mol. The first kappa shape index (κ1) is 19.4. The van der Waals surface area contributed by atoms with Crippen molar-refractivity contribution in [1.29, 1.82) is 5.26 Å². The number of ether oxygens (including phenoxy) is 2. The Bertz CT molecular complexity index is 1120. The summed E-state index contributed by atoms with van der Waals surface area (Å²) in [6.45, 7) is 1.93. The number of thiazole rings is 1. The van der Waals surface area contributed by atoms with Crippen LogP contribution in [0.3, 0.4) is 0 Å². The maximum absolute atomic E-state index is 8.98. The highest BCUT2D eigenvalue weighted by Crippen LogP contribution is 2.33. The smallest absolute Gasteiger partial charge is 0.205 e. The van der Waals surface area contributed by atoms with Gasteiger partial charge in [-0.15, -0.1) is 11.3 Å². The Morgan fingerprint density at radius 1 is 1.11 bits per heavy atom. The average Bonchev–Trinajstić information content (AvgIpc) is 3.15. The van der Waals surface area contributed by atoms with E-state index in [9.17, 15) is 0 Å². The Morgan fingerprint density at radius 2 is 1.86 bits per heavy atom. The van der Waals surface area contributed by atoms with Crippen molar-refractivity contribution in [2.75, 3.05) is 21.3 Å². The molecule has 0 saturated heterocycles. The van der Waals surface area contributed by atoms with E-state index in [0.717, 1.165) is 38.8 Å². The molecule has 0 aliphatic heterocycles. The van der Waals surface area contributed by atoms with Crippen LogP contribution in [0, 0.1) is 11.3 Å². The van der Waals surface area contributed by atoms with Gasteiger partial charge in [0.1, 0.15) is 11.5 Å². The van der Waals surface area contributed by atoms with Gasteiger partial charge in [-0.3, -0.25) is 4.99 Å². The molecule has 1 aromatic heterocycles. The summed E-state index contributed by atoms with van der Waals surface area (Å²) in [5, 5.41) is 15.8. The third kappa shape index (κ3) is 3.82. The van der Waals surface area contributed by atoms with Crippen LogP contribution in [0.1, 0.15) is 18.1 Å². The number of hydrogen-bond acceptors (Lipinski definition) is 6. The highest BCUT2D eigenvalue weighted by Gasteiger charge is 2.14. The quantitative estimate of drug-likeness (QED) is 0.618. The lowest BCUT2D eigenvalue weighted by molar-refractivity contribution is 0.404. The number of rotatable bonds is 5. The molecule has 0 aliphatic rings. The molecule has 0 radical (unpaired) electrons. The zero-order chi connectivity index (χ0) is 20.1. The van der Waals surface area contributed by atoms with Gasteiger partial charge < -0.3 is 9.47 Å². The molecule has 142 valence electrons. The number of methoxy groups -OCH3 is 2. The lowest BCUT2D eigenvalue weighted by atomic mass is 10.1. The molecule has 0 fully saturated rings. The van der Waals surface area contributed by atoms with E-state index in [2.05, 4.69) is 11.1 Å². The Balaban J connectivity index is 2.15. The molecule has 2 aromatic carbocycles. The van der Waals surface area contributed by atoms with Gasteiger partial charge in [-0.2, -0.15) is 10.4 Å². The molecule has 0 saturated carbocycles. The van der Waals surface area contributed by atoms with Crippen molar-refractivity contribution < 1.29 is 9.47 Å². The van der Waals surface area contributed by atoms with Gasteiger partial charge in [0.25, 0.3) is 0 Å².